The molecule has 0 aliphatic heterocycles. The zero-order valence-electron chi connectivity index (χ0n) is 11.5. The van der Waals surface area contributed by atoms with E-state index in [1.807, 2.05) is 35.2 Å². The molecule has 0 amide bonds. The average molecular weight is 368 g/mol. The van der Waals surface area contributed by atoms with Crippen molar-refractivity contribution in [3.05, 3.63) is 57.5 Å². The van der Waals surface area contributed by atoms with E-state index in [-0.39, 0.29) is 11.9 Å². The molecule has 1 N–H and O–H groups in total. The zero-order valence-corrected chi connectivity index (χ0v) is 13.9. The Kier molecular flexibility index (Phi) is 4.37. The normalized spacial score (nSPS) is 12.9. The fourth-order valence-corrected chi connectivity index (χ4v) is 3.79. The van der Waals surface area contributed by atoms with Gasteiger partial charge in [-0.1, -0.05) is 28.9 Å². The fraction of sp³-hybridized carbons (Fsp3) is 0.267. The van der Waals surface area contributed by atoms with Gasteiger partial charge in [0.25, 0.3) is 0 Å². The highest BCUT2D eigenvalue weighted by molar-refractivity contribution is 9.10. The molecule has 1 unspecified atom stereocenters. The van der Waals surface area contributed by atoms with Crippen molar-refractivity contribution in [1.82, 2.24) is 14.7 Å². The predicted molar refractivity (Wildman–Crippen MR) is 87.3 cm³/mol. The molecule has 0 aliphatic rings. The first-order valence-electron chi connectivity index (χ1n) is 6.77. The molecule has 3 aromatic rings. The second-order valence-corrected chi connectivity index (χ2v) is 6.50. The van der Waals surface area contributed by atoms with Gasteiger partial charge in [0.2, 0.25) is 0 Å². The van der Waals surface area contributed by atoms with Crippen molar-refractivity contribution in [2.75, 3.05) is 6.54 Å². The van der Waals surface area contributed by atoms with Gasteiger partial charge in [0.05, 0.1) is 5.69 Å². The molecule has 110 valence electrons. The number of imidazole rings is 1. The minimum atomic E-state index is -0.198. The summed E-state index contributed by atoms with van der Waals surface area (Å²) >= 11 is 5.05. The fourth-order valence-electron chi connectivity index (χ4n) is 2.45. The third kappa shape index (κ3) is 3.02. The van der Waals surface area contributed by atoms with Gasteiger partial charge >= 0.3 is 0 Å². The van der Waals surface area contributed by atoms with Crippen molar-refractivity contribution in [3.63, 3.8) is 0 Å². The molecule has 0 fully saturated rings. The number of nitrogens with one attached hydrogen (secondary N) is 1. The molecule has 3 rings (SSSR count). The van der Waals surface area contributed by atoms with E-state index in [9.17, 15) is 4.39 Å². The molecule has 0 bridgehead atoms. The molecule has 21 heavy (non-hydrogen) atoms. The van der Waals surface area contributed by atoms with E-state index in [2.05, 4.69) is 26.2 Å². The zero-order chi connectivity index (χ0) is 14.8. The van der Waals surface area contributed by atoms with Crippen LogP contribution in [0.15, 0.2) is 40.4 Å². The van der Waals surface area contributed by atoms with Crippen LogP contribution in [-0.4, -0.2) is 15.9 Å². The highest BCUT2D eigenvalue weighted by Gasteiger charge is 2.19. The molecule has 0 saturated heterocycles. The molecule has 1 aromatic carbocycles. The first-order chi connectivity index (χ1) is 10.2. The van der Waals surface area contributed by atoms with Gasteiger partial charge in [0.15, 0.2) is 4.96 Å². The van der Waals surface area contributed by atoms with Gasteiger partial charge in [-0.3, -0.25) is 4.40 Å². The van der Waals surface area contributed by atoms with Crippen molar-refractivity contribution >= 4 is 32.2 Å². The second kappa shape index (κ2) is 6.25. The maximum atomic E-state index is 14.2. The summed E-state index contributed by atoms with van der Waals surface area (Å²) in [6.45, 7) is 2.79. The Hall–Kier alpha value is -1.24. The third-order valence-corrected chi connectivity index (χ3v) is 4.82. The molecule has 1 atom stereocenters. The first-order valence-corrected chi connectivity index (χ1v) is 8.44. The average Bonchev–Trinajstić information content (AvgIpc) is 2.99. The van der Waals surface area contributed by atoms with Gasteiger partial charge in [-0.2, -0.15) is 0 Å². The van der Waals surface area contributed by atoms with Crippen molar-refractivity contribution in [2.45, 2.75) is 19.4 Å². The van der Waals surface area contributed by atoms with E-state index >= 15 is 0 Å². The number of hydrogen-bond acceptors (Lipinski definition) is 3. The Morgan fingerprint density at radius 1 is 1.48 bits per heavy atom. The highest BCUT2D eigenvalue weighted by atomic mass is 79.9. The Morgan fingerprint density at radius 2 is 2.33 bits per heavy atom. The molecule has 2 aromatic heterocycles. The van der Waals surface area contributed by atoms with Gasteiger partial charge in [-0.05, 0) is 18.7 Å². The van der Waals surface area contributed by atoms with Gasteiger partial charge < -0.3 is 5.32 Å². The van der Waals surface area contributed by atoms with Crippen LogP contribution < -0.4 is 5.32 Å². The van der Waals surface area contributed by atoms with E-state index in [0.717, 1.165) is 21.7 Å². The molecule has 6 heteroatoms. The lowest BCUT2D eigenvalue weighted by molar-refractivity contribution is 0.505. The van der Waals surface area contributed by atoms with Crippen LogP contribution in [0.25, 0.3) is 4.96 Å². The SMILES string of the molecule is CCNC(Cc1cn2ccsc2n1)c1c(F)cccc1Br. The molecule has 3 nitrogen and oxygen atoms in total. The van der Waals surface area contributed by atoms with Crippen LogP contribution in [0.1, 0.15) is 24.2 Å². The lowest BCUT2D eigenvalue weighted by Crippen LogP contribution is -2.24. The lowest BCUT2D eigenvalue weighted by Gasteiger charge is -2.19. The number of rotatable bonds is 5. The minimum absolute atomic E-state index is 0.102. The summed E-state index contributed by atoms with van der Waals surface area (Å²) < 4.78 is 17.0. The van der Waals surface area contributed by atoms with Gasteiger partial charge in [-0.25, -0.2) is 9.37 Å². The predicted octanol–water partition coefficient (Wildman–Crippen LogP) is 4.19. The molecule has 0 radical (unpaired) electrons. The van der Waals surface area contributed by atoms with E-state index < -0.39 is 0 Å². The number of fused-ring (bicyclic) bond motifs is 1. The summed E-state index contributed by atoms with van der Waals surface area (Å²) in [5.74, 6) is -0.198. The van der Waals surface area contributed by atoms with Gasteiger partial charge in [0.1, 0.15) is 5.82 Å². The van der Waals surface area contributed by atoms with Crippen LogP contribution in [0.3, 0.4) is 0 Å². The Morgan fingerprint density at radius 3 is 3.05 bits per heavy atom. The summed E-state index contributed by atoms with van der Waals surface area (Å²) in [4.78, 5) is 5.55. The van der Waals surface area contributed by atoms with E-state index in [1.165, 1.54) is 6.07 Å². The smallest absolute Gasteiger partial charge is 0.193 e. The summed E-state index contributed by atoms with van der Waals surface area (Å²) in [7, 11) is 0. The standard InChI is InChI=1S/C15H15BrFN3S/c1-2-18-13(14-11(16)4-3-5-12(14)17)8-10-9-20-6-7-21-15(20)19-10/h3-7,9,13,18H,2,8H2,1H3. The number of hydrogen-bond donors (Lipinski definition) is 1. The van der Waals surface area contributed by atoms with E-state index in [1.54, 1.807) is 17.4 Å². The molecule has 0 aliphatic carbocycles. The summed E-state index contributed by atoms with van der Waals surface area (Å²) in [6, 6.07) is 4.97. The van der Waals surface area contributed by atoms with Crippen molar-refractivity contribution < 1.29 is 4.39 Å². The minimum Gasteiger partial charge on any atom is -0.310 e. The first kappa shape index (κ1) is 14.7. The number of likely N-dealkylation sites (N-methyl/N-ethyl adjacent to an activating group) is 1. The lowest BCUT2D eigenvalue weighted by atomic mass is 10.0. The van der Waals surface area contributed by atoms with Crippen molar-refractivity contribution in [3.8, 4) is 0 Å². The topological polar surface area (TPSA) is 29.3 Å². The maximum Gasteiger partial charge on any atom is 0.193 e. The van der Waals surface area contributed by atoms with E-state index in [4.69, 9.17) is 0 Å². The van der Waals surface area contributed by atoms with Crippen molar-refractivity contribution in [2.24, 2.45) is 0 Å². The van der Waals surface area contributed by atoms with Crippen LogP contribution >= 0.6 is 27.3 Å². The monoisotopic (exact) mass is 367 g/mol. The second-order valence-electron chi connectivity index (χ2n) is 4.77. The summed E-state index contributed by atoms with van der Waals surface area (Å²) in [5.41, 5.74) is 1.62. The van der Waals surface area contributed by atoms with Crippen molar-refractivity contribution in [1.29, 1.82) is 0 Å². The molecule has 0 saturated carbocycles. The number of nitrogens with zero attached hydrogens (tertiary/aromatic N) is 2. The number of aromatic nitrogens is 2. The van der Waals surface area contributed by atoms with Gasteiger partial charge in [-0.15, -0.1) is 11.3 Å². The molecule has 0 spiro atoms. The van der Waals surface area contributed by atoms with E-state index in [0.29, 0.717) is 12.0 Å². The number of halogens is 2. The summed E-state index contributed by atoms with van der Waals surface area (Å²) in [6.07, 6.45) is 4.64. The Bertz CT molecular complexity index is 704. The molecular weight excluding hydrogens is 353 g/mol. The Balaban J connectivity index is 1.92. The van der Waals surface area contributed by atoms with Crippen LogP contribution in [0.2, 0.25) is 0 Å². The summed E-state index contributed by atoms with van der Waals surface area (Å²) in [5, 5.41) is 5.35. The number of benzene rings is 1. The molecule has 2 heterocycles. The largest absolute Gasteiger partial charge is 0.310 e. The maximum absolute atomic E-state index is 14.2. The number of thiazole rings is 1. The third-order valence-electron chi connectivity index (χ3n) is 3.36. The van der Waals surface area contributed by atoms with Crippen LogP contribution in [0, 0.1) is 5.82 Å². The van der Waals surface area contributed by atoms with Crippen LogP contribution in [0.4, 0.5) is 4.39 Å². The van der Waals surface area contributed by atoms with Crippen LogP contribution in [0.5, 0.6) is 0 Å². The van der Waals surface area contributed by atoms with Gasteiger partial charge in [0, 0.05) is 40.3 Å². The van der Waals surface area contributed by atoms with Crippen LogP contribution in [-0.2, 0) is 6.42 Å². The highest BCUT2D eigenvalue weighted by Crippen LogP contribution is 2.29. The Labute approximate surface area is 135 Å². The molecular formula is C15H15BrFN3S. The quantitative estimate of drug-likeness (QED) is 0.732.